The van der Waals surface area contributed by atoms with Crippen LogP contribution in [-0.2, 0) is 22.4 Å². The summed E-state index contributed by atoms with van der Waals surface area (Å²) in [6.07, 6.45) is 1.56. The molecule has 3 aromatic carbocycles. The van der Waals surface area contributed by atoms with E-state index in [-0.39, 0.29) is 17.7 Å². The zero-order chi connectivity index (χ0) is 22.1. The van der Waals surface area contributed by atoms with Gasteiger partial charge in [0.05, 0.1) is 0 Å². The van der Waals surface area contributed by atoms with Gasteiger partial charge in [0.25, 0.3) is 0 Å². The molecule has 0 saturated heterocycles. The minimum absolute atomic E-state index is 0.108. The zero-order valence-electron chi connectivity index (χ0n) is 18.2. The molecule has 3 rings (SSSR count). The maximum Gasteiger partial charge on any atom is 0.247 e. The molecule has 0 radical (unpaired) electrons. The van der Waals surface area contributed by atoms with E-state index < -0.39 is 6.04 Å². The average Bonchev–Trinajstić information content (AvgIpc) is 2.75. The van der Waals surface area contributed by atoms with Crippen LogP contribution in [0.4, 0.5) is 5.69 Å². The lowest BCUT2D eigenvalue weighted by Gasteiger charge is -2.20. The van der Waals surface area contributed by atoms with Crippen LogP contribution in [0, 0.1) is 5.92 Å². The minimum Gasteiger partial charge on any atom is -0.344 e. The van der Waals surface area contributed by atoms with E-state index in [1.54, 1.807) is 0 Å². The molecule has 4 nitrogen and oxygen atoms in total. The Balaban J connectivity index is 1.77. The Morgan fingerprint density at radius 2 is 1.35 bits per heavy atom. The Morgan fingerprint density at radius 1 is 0.774 bits per heavy atom. The van der Waals surface area contributed by atoms with E-state index in [0.717, 1.165) is 23.2 Å². The van der Waals surface area contributed by atoms with Crippen LogP contribution in [-0.4, -0.2) is 17.9 Å². The van der Waals surface area contributed by atoms with Crippen LogP contribution < -0.4 is 10.6 Å². The molecule has 1 atom stereocenters. The molecule has 0 saturated carbocycles. The normalized spacial score (nSPS) is 11.7. The first-order valence-corrected chi connectivity index (χ1v) is 10.8. The summed E-state index contributed by atoms with van der Waals surface area (Å²) in [6.45, 7) is 3.98. The maximum atomic E-state index is 13.2. The monoisotopic (exact) mass is 414 g/mol. The molecule has 31 heavy (non-hydrogen) atoms. The SMILES string of the molecule is CC(C)CC(=O)NC(Cc1ccccc1)C(=O)Nc1ccccc1Cc1ccccc1. The van der Waals surface area contributed by atoms with Crippen LogP contribution in [0.5, 0.6) is 0 Å². The smallest absolute Gasteiger partial charge is 0.247 e. The standard InChI is InChI=1S/C27H30N2O2/c1-20(2)17-26(30)28-25(19-22-13-7-4-8-14-22)27(31)29-24-16-10-9-15-23(24)18-21-11-5-3-6-12-21/h3-16,20,25H,17-19H2,1-2H3,(H,28,30)(H,29,31). The third-order valence-electron chi connectivity index (χ3n) is 5.04. The average molecular weight is 415 g/mol. The summed E-state index contributed by atoms with van der Waals surface area (Å²) in [5.41, 5.74) is 3.99. The highest BCUT2D eigenvalue weighted by atomic mass is 16.2. The Hall–Kier alpha value is -3.40. The molecular weight excluding hydrogens is 384 g/mol. The molecule has 0 aliphatic rings. The molecule has 0 fully saturated rings. The van der Waals surface area contributed by atoms with Crippen molar-refractivity contribution in [2.75, 3.05) is 5.32 Å². The van der Waals surface area contributed by atoms with Gasteiger partial charge < -0.3 is 10.6 Å². The summed E-state index contributed by atoms with van der Waals surface area (Å²) in [5, 5.41) is 5.99. The van der Waals surface area contributed by atoms with Crippen molar-refractivity contribution in [3.8, 4) is 0 Å². The summed E-state index contributed by atoms with van der Waals surface area (Å²) in [5.74, 6) is -0.0860. The van der Waals surface area contributed by atoms with Gasteiger partial charge in [-0.15, -0.1) is 0 Å². The van der Waals surface area contributed by atoms with E-state index in [1.165, 1.54) is 5.56 Å². The number of amides is 2. The van der Waals surface area contributed by atoms with E-state index in [1.807, 2.05) is 86.6 Å². The lowest BCUT2D eigenvalue weighted by molar-refractivity contribution is -0.127. The van der Waals surface area contributed by atoms with Crippen LogP contribution in [0.15, 0.2) is 84.9 Å². The number of nitrogens with one attached hydrogen (secondary N) is 2. The molecule has 2 amide bonds. The molecule has 0 aliphatic carbocycles. The molecule has 0 bridgehead atoms. The van der Waals surface area contributed by atoms with Gasteiger partial charge in [-0.05, 0) is 35.1 Å². The largest absolute Gasteiger partial charge is 0.344 e. The van der Waals surface area contributed by atoms with Gasteiger partial charge >= 0.3 is 0 Å². The number of carbonyl (C=O) groups is 2. The second kappa shape index (κ2) is 11.1. The molecule has 0 aromatic heterocycles. The fraction of sp³-hybridized carbons (Fsp3) is 0.259. The van der Waals surface area contributed by atoms with Crippen molar-refractivity contribution in [2.45, 2.75) is 39.2 Å². The lowest BCUT2D eigenvalue weighted by Crippen LogP contribution is -2.45. The second-order valence-corrected chi connectivity index (χ2v) is 8.22. The molecule has 4 heteroatoms. The molecule has 0 aliphatic heterocycles. The van der Waals surface area contributed by atoms with E-state index in [0.29, 0.717) is 12.8 Å². The van der Waals surface area contributed by atoms with Gasteiger partial charge in [-0.1, -0.05) is 92.7 Å². The molecule has 2 N–H and O–H groups in total. The van der Waals surface area contributed by atoms with Crippen LogP contribution in [0.25, 0.3) is 0 Å². The fourth-order valence-corrected chi connectivity index (χ4v) is 3.52. The van der Waals surface area contributed by atoms with Crippen molar-refractivity contribution in [1.82, 2.24) is 5.32 Å². The summed E-state index contributed by atoms with van der Waals surface area (Å²) >= 11 is 0. The van der Waals surface area contributed by atoms with E-state index in [4.69, 9.17) is 0 Å². The van der Waals surface area contributed by atoms with Crippen LogP contribution in [0.3, 0.4) is 0 Å². The predicted molar refractivity (Wildman–Crippen MR) is 126 cm³/mol. The number of anilines is 1. The van der Waals surface area contributed by atoms with Gasteiger partial charge in [-0.3, -0.25) is 9.59 Å². The number of benzene rings is 3. The van der Waals surface area contributed by atoms with Crippen molar-refractivity contribution < 1.29 is 9.59 Å². The van der Waals surface area contributed by atoms with Crippen LogP contribution >= 0.6 is 0 Å². The lowest BCUT2D eigenvalue weighted by atomic mass is 10.0. The summed E-state index contributed by atoms with van der Waals surface area (Å²) < 4.78 is 0. The Morgan fingerprint density at radius 3 is 2.00 bits per heavy atom. The van der Waals surface area contributed by atoms with E-state index in [2.05, 4.69) is 22.8 Å². The molecule has 0 spiro atoms. The fourth-order valence-electron chi connectivity index (χ4n) is 3.52. The van der Waals surface area contributed by atoms with Crippen LogP contribution in [0.2, 0.25) is 0 Å². The van der Waals surface area contributed by atoms with Gasteiger partial charge in [0.15, 0.2) is 0 Å². The zero-order valence-corrected chi connectivity index (χ0v) is 18.2. The van der Waals surface area contributed by atoms with Gasteiger partial charge in [-0.25, -0.2) is 0 Å². The maximum absolute atomic E-state index is 13.2. The van der Waals surface area contributed by atoms with Crippen molar-refractivity contribution in [1.29, 1.82) is 0 Å². The first kappa shape index (κ1) is 22.3. The minimum atomic E-state index is -0.640. The van der Waals surface area contributed by atoms with Crippen molar-refractivity contribution in [3.05, 3.63) is 102 Å². The van der Waals surface area contributed by atoms with Crippen molar-refractivity contribution >= 4 is 17.5 Å². The summed E-state index contributed by atoms with van der Waals surface area (Å²) in [6, 6.07) is 27.1. The highest BCUT2D eigenvalue weighted by Gasteiger charge is 2.22. The quantitative estimate of drug-likeness (QED) is 0.518. The predicted octanol–water partition coefficient (Wildman–Crippen LogP) is 4.99. The third-order valence-corrected chi connectivity index (χ3v) is 5.04. The highest BCUT2D eigenvalue weighted by Crippen LogP contribution is 2.20. The second-order valence-electron chi connectivity index (χ2n) is 8.22. The summed E-state index contributed by atoms with van der Waals surface area (Å²) in [7, 11) is 0. The number of hydrogen-bond donors (Lipinski definition) is 2. The molecule has 160 valence electrons. The van der Waals surface area contributed by atoms with Crippen LogP contribution in [0.1, 0.15) is 37.0 Å². The number of rotatable bonds is 9. The number of carbonyl (C=O) groups excluding carboxylic acids is 2. The van der Waals surface area contributed by atoms with Gasteiger partial charge in [-0.2, -0.15) is 0 Å². The van der Waals surface area contributed by atoms with Gasteiger partial charge in [0.2, 0.25) is 11.8 Å². The topological polar surface area (TPSA) is 58.2 Å². The number of para-hydroxylation sites is 1. The Kier molecular flexibility index (Phi) is 7.99. The first-order valence-electron chi connectivity index (χ1n) is 10.8. The molecule has 1 unspecified atom stereocenters. The molecular formula is C27H30N2O2. The molecule has 3 aromatic rings. The Bertz CT molecular complexity index is 984. The highest BCUT2D eigenvalue weighted by molar-refractivity contribution is 5.98. The van der Waals surface area contributed by atoms with Gasteiger partial charge in [0.1, 0.15) is 6.04 Å². The van der Waals surface area contributed by atoms with Crippen molar-refractivity contribution in [3.63, 3.8) is 0 Å². The third kappa shape index (κ3) is 7.10. The first-order chi connectivity index (χ1) is 15.0. The molecule has 0 heterocycles. The van der Waals surface area contributed by atoms with E-state index >= 15 is 0 Å². The van der Waals surface area contributed by atoms with Gasteiger partial charge in [0, 0.05) is 18.5 Å². The number of hydrogen-bond acceptors (Lipinski definition) is 2. The summed E-state index contributed by atoms with van der Waals surface area (Å²) in [4.78, 5) is 25.6. The Labute approximate surface area is 184 Å². The van der Waals surface area contributed by atoms with E-state index in [9.17, 15) is 9.59 Å². The van der Waals surface area contributed by atoms with Crippen molar-refractivity contribution in [2.24, 2.45) is 5.92 Å².